The summed E-state index contributed by atoms with van der Waals surface area (Å²) in [4.78, 5) is 38.6. The molecule has 2 aromatic carbocycles. The van der Waals surface area contributed by atoms with E-state index in [1.54, 1.807) is 31.2 Å². The summed E-state index contributed by atoms with van der Waals surface area (Å²) in [5.74, 6) is -1.05. The molecule has 146 valence electrons. The third-order valence-electron chi connectivity index (χ3n) is 4.52. The number of carbonyl (C=O) groups is 3. The van der Waals surface area contributed by atoms with Crippen LogP contribution in [0.3, 0.4) is 0 Å². The van der Waals surface area contributed by atoms with Gasteiger partial charge in [0.15, 0.2) is 0 Å². The van der Waals surface area contributed by atoms with Crippen LogP contribution >= 0.6 is 23.5 Å². The quantitative estimate of drug-likeness (QED) is 0.771. The monoisotopic (exact) mass is 415 g/mol. The minimum absolute atomic E-state index is 0.0922. The highest BCUT2D eigenvalue weighted by Crippen LogP contribution is 2.42. The van der Waals surface area contributed by atoms with Crippen LogP contribution in [0, 0.1) is 5.92 Å². The lowest BCUT2D eigenvalue weighted by Crippen LogP contribution is -2.45. The molecule has 0 radical (unpaired) electrons. The van der Waals surface area contributed by atoms with Gasteiger partial charge in [-0.1, -0.05) is 79.3 Å². The fourth-order valence-electron chi connectivity index (χ4n) is 3.02. The summed E-state index contributed by atoms with van der Waals surface area (Å²) in [5, 5.41) is 9.16. The topological polar surface area (TPSA) is 74.7 Å². The first-order valence-electron chi connectivity index (χ1n) is 8.92. The zero-order chi connectivity index (χ0) is 20.1. The number of nitrogens with zero attached hydrogens (tertiary/aromatic N) is 1. The molecule has 1 N–H and O–H groups in total. The molecule has 2 aromatic rings. The highest BCUT2D eigenvalue weighted by molar-refractivity contribution is 8.14. The maximum atomic E-state index is 13.1. The Hall–Kier alpha value is -2.25. The highest BCUT2D eigenvalue weighted by atomic mass is 32.2. The molecule has 1 aliphatic rings. The van der Waals surface area contributed by atoms with Crippen molar-refractivity contribution in [3.8, 4) is 0 Å². The average Bonchev–Trinajstić information content (AvgIpc) is 3.18. The van der Waals surface area contributed by atoms with Crippen LogP contribution in [0.15, 0.2) is 60.7 Å². The Morgan fingerprint density at radius 1 is 1.11 bits per heavy atom. The fraction of sp³-hybridized carbons (Fsp3) is 0.286. The lowest BCUT2D eigenvalue weighted by atomic mass is 10.1. The van der Waals surface area contributed by atoms with E-state index in [0.717, 1.165) is 17.3 Å². The minimum Gasteiger partial charge on any atom is -0.480 e. The Balaban J connectivity index is 1.71. The summed E-state index contributed by atoms with van der Waals surface area (Å²) < 4.78 is 0. The molecule has 5 nitrogen and oxygen atoms in total. The van der Waals surface area contributed by atoms with Gasteiger partial charge in [0.25, 0.3) is 0 Å². The fourth-order valence-corrected chi connectivity index (χ4v) is 5.30. The summed E-state index contributed by atoms with van der Waals surface area (Å²) in [6.45, 7) is 1.75. The molecule has 28 heavy (non-hydrogen) atoms. The van der Waals surface area contributed by atoms with Crippen LogP contribution < -0.4 is 0 Å². The van der Waals surface area contributed by atoms with Crippen molar-refractivity contribution >= 4 is 40.5 Å². The van der Waals surface area contributed by atoms with Gasteiger partial charge in [-0.05, 0) is 5.56 Å². The number of hydrogen-bond donors (Lipinski definition) is 1. The van der Waals surface area contributed by atoms with E-state index in [4.69, 9.17) is 0 Å². The summed E-state index contributed by atoms with van der Waals surface area (Å²) >= 11 is 2.55. The molecule has 1 aliphatic heterocycles. The second-order valence-electron chi connectivity index (χ2n) is 6.56. The van der Waals surface area contributed by atoms with Crippen molar-refractivity contribution in [3.05, 3.63) is 71.8 Å². The minimum atomic E-state index is -1.00. The molecule has 3 atom stereocenters. The van der Waals surface area contributed by atoms with Gasteiger partial charge in [0.1, 0.15) is 11.4 Å². The normalized spacial score (nSPS) is 20.0. The van der Waals surface area contributed by atoms with Gasteiger partial charge in [-0.15, -0.1) is 11.8 Å². The first-order chi connectivity index (χ1) is 13.5. The van der Waals surface area contributed by atoms with Crippen LogP contribution in [-0.2, 0) is 9.59 Å². The SMILES string of the molecule is C[C@H](CSC(=O)c1ccccc1)C(=O)N1C(c2ccccc2)SC[C@H]1C(=O)O. The zero-order valence-corrected chi connectivity index (χ0v) is 17.0. The lowest BCUT2D eigenvalue weighted by molar-refractivity contribution is -0.150. The molecule has 0 bridgehead atoms. The van der Waals surface area contributed by atoms with Gasteiger partial charge in [-0.2, -0.15) is 0 Å². The Labute approximate surface area is 172 Å². The van der Waals surface area contributed by atoms with E-state index in [1.807, 2.05) is 36.4 Å². The molecule has 0 aliphatic carbocycles. The maximum Gasteiger partial charge on any atom is 0.327 e. The second kappa shape index (κ2) is 9.30. The number of amides is 1. The first kappa shape index (κ1) is 20.5. The van der Waals surface area contributed by atoms with Crippen molar-refractivity contribution in [3.63, 3.8) is 0 Å². The van der Waals surface area contributed by atoms with Crippen LogP contribution in [0.5, 0.6) is 0 Å². The number of thioether (sulfide) groups is 2. The number of benzene rings is 2. The molecular weight excluding hydrogens is 394 g/mol. The molecular formula is C21H21NO4S2. The van der Waals surface area contributed by atoms with Gasteiger partial charge in [-0.3, -0.25) is 9.59 Å². The number of rotatable bonds is 6. The van der Waals surface area contributed by atoms with Gasteiger partial charge in [0.05, 0.1) is 0 Å². The van der Waals surface area contributed by atoms with Crippen molar-refractivity contribution in [2.24, 2.45) is 5.92 Å². The average molecular weight is 416 g/mol. The van der Waals surface area contributed by atoms with E-state index in [0.29, 0.717) is 17.1 Å². The third-order valence-corrected chi connectivity index (χ3v) is 7.01. The van der Waals surface area contributed by atoms with Crippen molar-refractivity contribution in [2.45, 2.75) is 18.3 Å². The smallest absolute Gasteiger partial charge is 0.327 e. The number of carboxylic acid groups (broad SMARTS) is 1. The number of carbonyl (C=O) groups excluding carboxylic acids is 2. The van der Waals surface area contributed by atoms with Crippen molar-refractivity contribution in [2.75, 3.05) is 11.5 Å². The number of aliphatic carboxylic acids is 1. The van der Waals surface area contributed by atoms with Crippen LogP contribution in [0.1, 0.15) is 28.2 Å². The van der Waals surface area contributed by atoms with E-state index < -0.39 is 17.9 Å². The van der Waals surface area contributed by atoms with E-state index in [-0.39, 0.29) is 16.4 Å². The molecule has 7 heteroatoms. The van der Waals surface area contributed by atoms with Gasteiger partial charge in [-0.25, -0.2) is 4.79 Å². The Morgan fingerprint density at radius 3 is 2.32 bits per heavy atom. The molecule has 1 unspecified atom stereocenters. The number of carboxylic acids is 1. The Kier molecular flexibility index (Phi) is 6.80. The predicted octanol–water partition coefficient (Wildman–Crippen LogP) is 3.92. The molecule has 0 saturated carbocycles. The van der Waals surface area contributed by atoms with Crippen molar-refractivity contribution in [1.29, 1.82) is 0 Å². The van der Waals surface area contributed by atoms with Crippen LogP contribution in [0.2, 0.25) is 0 Å². The van der Waals surface area contributed by atoms with Gasteiger partial charge in [0.2, 0.25) is 11.0 Å². The molecule has 1 saturated heterocycles. The maximum absolute atomic E-state index is 13.1. The molecule has 1 amide bonds. The summed E-state index contributed by atoms with van der Waals surface area (Å²) in [6.07, 6.45) is 0. The molecule has 0 aromatic heterocycles. The molecule has 3 rings (SSSR count). The van der Waals surface area contributed by atoms with Crippen molar-refractivity contribution < 1.29 is 19.5 Å². The van der Waals surface area contributed by atoms with E-state index in [1.165, 1.54) is 16.7 Å². The Morgan fingerprint density at radius 2 is 1.71 bits per heavy atom. The largest absolute Gasteiger partial charge is 0.480 e. The molecule has 0 spiro atoms. The Bertz CT molecular complexity index is 844. The summed E-state index contributed by atoms with van der Waals surface area (Å²) in [5.41, 5.74) is 1.50. The van der Waals surface area contributed by atoms with E-state index in [2.05, 4.69) is 0 Å². The predicted molar refractivity (Wildman–Crippen MR) is 112 cm³/mol. The second-order valence-corrected chi connectivity index (χ2v) is 8.67. The van der Waals surface area contributed by atoms with Crippen molar-refractivity contribution in [1.82, 2.24) is 4.90 Å². The summed E-state index contributed by atoms with van der Waals surface area (Å²) in [7, 11) is 0. The van der Waals surface area contributed by atoms with Crippen LogP contribution in [0.25, 0.3) is 0 Å². The van der Waals surface area contributed by atoms with Gasteiger partial charge >= 0.3 is 5.97 Å². The lowest BCUT2D eigenvalue weighted by Gasteiger charge is -2.30. The molecule has 1 heterocycles. The van der Waals surface area contributed by atoms with Gasteiger partial charge < -0.3 is 10.0 Å². The first-order valence-corrected chi connectivity index (χ1v) is 11.0. The molecule has 1 fully saturated rings. The summed E-state index contributed by atoms with van der Waals surface area (Å²) in [6, 6.07) is 17.5. The highest BCUT2D eigenvalue weighted by Gasteiger charge is 2.43. The third kappa shape index (κ3) is 4.59. The van der Waals surface area contributed by atoms with Gasteiger partial charge in [0, 0.05) is 23.0 Å². The zero-order valence-electron chi connectivity index (χ0n) is 15.4. The van der Waals surface area contributed by atoms with Crippen LogP contribution in [0.4, 0.5) is 0 Å². The van der Waals surface area contributed by atoms with Crippen LogP contribution in [-0.4, -0.2) is 44.5 Å². The van der Waals surface area contributed by atoms with E-state index >= 15 is 0 Å². The van der Waals surface area contributed by atoms with E-state index in [9.17, 15) is 19.5 Å². The standard InChI is InChI=1S/C21H21NO4S2/c1-14(12-28-21(26)16-10-6-3-7-11-16)18(23)22-17(20(24)25)13-27-19(22)15-8-4-2-5-9-15/h2-11,14,17,19H,12-13H2,1H3,(H,24,25)/t14-,17+,19?/m1/s1. The number of hydrogen-bond acceptors (Lipinski definition) is 5.